The Hall–Kier alpha value is -1.56. The molecule has 6 heteroatoms. The molecule has 20 heavy (non-hydrogen) atoms. The van der Waals surface area contributed by atoms with Gasteiger partial charge in [-0.3, -0.25) is 0 Å². The quantitative estimate of drug-likeness (QED) is 0.739. The predicted octanol–water partition coefficient (Wildman–Crippen LogP) is 3.52. The van der Waals surface area contributed by atoms with Gasteiger partial charge in [-0.1, -0.05) is 41.8 Å². The highest BCUT2D eigenvalue weighted by molar-refractivity contribution is 9.10. The number of carboxylic acids is 1. The van der Waals surface area contributed by atoms with Crippen LogP contribution in [0.2, 0.25) is 0 Å². The lowest BCUT2D eigenvalue weighted by molar-refractivity contribution is -0.139. The molecule has 5 nitrogen and oxygen atoms in total. The molecule has 1 rings (SSSR count). The number of urea groups is 1. The van der Waals surface area contributed by atoms with Crippen molar-refractivity contribution in [3.8, 4) is 0 Å². The first-order chi connectivity index (χ1) is 9.43. The van der Waals surface area contributed by atoms with Crippen LogP contribution in [0.5, 0.6) is 0 Å². The normalized spacial score (nSPS) is 11.8. The van der Waals surface area contributed by atoms with E-state index in [1.54, 1.807) is 6.07 Å². The van der Waals surface area contributed by atoms with Crippen LogP contribution >= 0.6 is 15.9 Å². The molecule has 1 aromatic rings. The largest absolute Gasteiger partial charge is 0.480 e. The highest BCUT2D eigenvalue weighted by atomic mass is 79.9. The van der Waals surface area contributed by atoms with Crippen molar-refractivity contribution in [2.45, 2.75) is 39.2 Å². The van der Waals surface area contributed by atoms with E-state index in [4.69, 9.17) is 5.11 Å². The Balaban J connectivity index is 2.65. The van der Waals surface area contributed by atoms with E-state index >= 15 is 0 Å². The molecule has 0 aliphatic rings. The first kappa shape index (κ1) is 16.5. The van der Waals surface area contributed by atoms with Gasteiger partial charge in [0.15, 0.2) is 0 Å². The molecule has 0 aromatic heterocycles. The van der Waals surface area contributed by atoms with E-state index in [2.05, 4.69) is 26.6 Å². The minimum absolute atomic E-state index is 0.427. The van der Waals surface area contributed by atoms with Crippen molar-refractivity contribution in [1.29, 1.82) is 0 Å². The monoisotopic (exact) mass is 342 g/mol. The second kappa shape index (κ2) is 7.89. The number of carbonyl (C=O) groups excluding carboxylic acids is 1. The summed E-state index contributed by atoms with van der Waals surface area (Å²) in [6.07, 6.45) is 2.07. The lowest BCUT2D eigenvalue weighted by Gasteiger charge is -2.15. The van der Waals surface area contributed by atoms with Gasteiger partial charge in [0.25, 0.3) is 0 Å². The van der Waals surface area contributed by atoms with Gasteiger partial charge in [-0.15, -0.1) is 0 Å². The van der Waals surface area contributed by atoms with Crippen LogP contribution in [0.15, 0.2) is 22.7 Å². The maximum Gasteiger partial charge on any atom is 0.326 e. The molecule has 2 amide bonds. The van der Waals surface area contributed by atoms with Gasteiger partial charge in [0.1, 0.15) is 6.04 Å². The molecule has 0 radical (unpaired) electrons. The minimum Gasteiger partial charge on any atom is -0.480 e. The molecular formula is C14H19BrN2O3. The van der Waals surface area contributed by atoms with Crippen LogP contribution in [0.4, 0.5) is 10.5 Å². The molecule has 1 aromatic carbocycles. The standard InChI is InChI=1S/C14H19BrN2O3/c1-3-4-5-11(13(18)19)16-14(20)17-12-8-10(15)7-6-9(12)2/h6-8,11H,3-5H2,1-2H3,(H,18,19)(H2,16,17,20). The summed E-state index contributed by atoms with van der Waals surface area (Å²) in [6.45, 7) is 3.84. The zero-order valence-corrected chi connectivity index (χ0v) is 13.2. The van der Waals surface area contributed by atoms with Crippen molar-refractivity contribution >= 4 is 33.6 Å². The Labute approximate surface area is 126 Å². The molecule has 0 saturated heterocycles. The third-order valence-corrected chi connectivity index (χ3v) is 3.39. The van der Waals surface area contributed by atoms with Gasteiger partial charge < -0.3 is 15.7 Å². The summed E-state index contributed by atoms with van der Waals surface area (Å²) >= 11 is 3.33. The van der Waals surface area contributed by atoms with Crippen molar-refractivity contribution in [3.05, 3.63) is 28.2 Å². The van der Waals surface area contributed by atoms with Gasteiger partial charge in [0.05, 0.1) is 0 Å². The van der Waals surface area contributed by atoms with Crippen molar-refractivity contribution in [2.75, 3.05) is 5.32 Å². The Kier molecular flexibility index (Phi) is 6.51. The summed E-state index contributed by atoms with van der Waals surface area (Å²) in [7, 11) is 0. The van der Waals surface area contributed by atoms with E-state index in [-0.39, 0.29) is 0 Å². The fourth-order valence-corrected chi connectivity index (χ4v) is 2.07. The van der Waals surface area contributed by atoms with Crippen molar-refractivity contribution in [1.82, 2.24) is 5.32 Å². The molecule has 0 saturated carbocycles. The van der Waals surface area contributed by atoms with E-state index in [0.717, 1.165) is 22.9 Å². The van der Waals surface area contributed by atoms with Gasteiger partial charge in [0.2, 0.25) is 0 Å². The van der Waals surface area contributed by atoms with Crippen LogP contribution in [-0.4, -0.2) is 23.1 Å². The molecule has 0 aliphatic carbocycles. The SMILES string of the molecule is CCCCC(NC(=O)Nc1cc(Br)ccc1C)C(=O)O. The van der Waals surface area contributed by atoms with E-state index in [1.165, 1.54) is 0 Å². The fraction of sp³-hybridized carbons (Fsp3) is 0.429. The van der Waals surface area contributed by atoms with Crippen LogP contribution in [0.3, 0.4) is 0 Å². The highest BCUT2D eigenvalue weighted by Gasteiger charge is 2.19. The number of benzene rings is 1. The Morgan fingerprint density at radius 3 is 2.70 bits per heavy atom. The molecule has 0 aliphatic heterocycles. The Morgan fingerprint density at radius 2 is 2.10 bits per heavy atom. The number of hydrogen-bond acceptors (Lipinski definition) is 2. The predicted molar refractivity (Wildman–Crippen MR) is 82.0 cm³/mol. The van der Waals surface area contributed by atoms with Gasteiger partial charge in [0, 0.05) is 10.2 Å². The van der Waals surface area contributed by atoms with Crippen molar-refractivity contribution < 1.29 is 14.7 Å². The second-order valence-corrected chi connectivity index (χ2v) is 5.51. The average molecular weight is 343 g/mol. The fourth-order valence-electron chi connectivity index (χ4n) is 1.71. The van der Waals surface area contributed by atoms with Gasteiger partial charge in [-0.25, -0.2) is 9.59 Å². The zero-order valence-electron chi connectivity index (χ0n) is 11.6. The van der Waals surface area contributed by atoms with Gasteiger partial charge in [-0.2, -0.15) is 0 Å². The summed E-state index contributed by atoms with van der Waals surface area (Å²) in [4.78, 5) is 22.9. The summed E-state index contributed by atoms with van der Waals surface area (Å²) in [6, 6.07) is 4.15. The van der Waals surface area contributed by atoms with Crippen LogP contribution in [0.1, 0.15) is 31.7 Å². The molecule has 0 fully saturated rings. The smallest absolute Gasteiger partial charge is 0.326 e. The number of unbranched alkanes of at least 4 members (excludes halogenated alkanes) is 1. The minimum atomic E-state index is -1.01. The van der Waals surface area contributed by atoms with E-state index < -0.39 is 18.0 Å². The molecular weight excluding hydrogens is 324 g/mol. The Morgan fingerprint density at radius 1 is 1.40 bits per heavy atom. The lowest BCUT2D eigenvalue weighted by atomic mass is 10.1. The third kappa shape index (κ3) is 5.21. The van der Waals surface area contributed by atoms with E-state index in [0.29, 0.717) is 12.1 Å². The number of aliphatic carboxylic acids is 1. The molecule has 0 bridgehead atoms. The highest BCUT2D eigenvalue weighted by Crippen LogP contribution is 2.20. The number of nitrogens with one attached hydrogen (secondary N) is 2. The molecule has 1 unspecified atom stereocenters. The van der Waals surface area contributed by atoms with E-state index in [1.807, 2.05) is 26.0 Å². The maximum atomic E-state index is 11.9. The number of carbonyl (C=O) groups is 2. The van der Waals surface area contributed by atoms with Crippen LogP contribution in [0, 0.1) is 6.92 Å². The number of carboxylic acid groups (broad SMARTS) is 1. The van der Waals surface area contributed by atoms with Gasteiger partial charge in [-0.05, 0) is 31.0 Å². The lowest BCUT2D eigenvalue weighted by Crippen LogP contribution is -2.43. The number of aryl methyl sites for hydroxylation is 1. The number of hydrogen-bond donors (Lipinski definition) is 3. The third-order valence-electron chi connectivity index (χ3n) is 2.90. The number of halogens is 1. The molecule has 1 atom stereocenters. The summed E-state index contributed by atoms with van der Waals surface area (Å²) in [5.74, 6) is -1.01. The van der Waals surface area contributed by atoms with Crippen molar-refractivity contribution in [2.24, 2.45) is 0 Å². The molecule has 3 N–H and O–H groups in total. The van der Waals surface area contributed by atoms with Gasteiger partial charge >= 0.3 is 12.0 Å². The van der Waals surface area contributed by atoms with Crippen LogP contribution < -0.4 is 10.6 Å². The summed E-state index contributed by atoms with van der Waals surface area (Å²) in [5.41, 5.74) is 1.56. The average Bonchev–Trinajstić information content (AvgIpc) is 2.38. The van der Waals surface area contributed by atoms with Crippen LogP contribution in [0.25, 0.3) is 0 Å². The molecule has 110 valence electrons. The summed E-state index contributed by atoms with van der Waals surface area (Å²) < 4.78 is 0.846. The van der Waals surface area contributed by atoms with E-state index in [9.17, 15) is 9.59 Å². The zero-order chi connectivity index (χ0) is 15.1. The number of amides is 2. The van der Waals surface area contributed by atoms with Crippen molar-refractivity contribution in [3.63, 3.8) is 0 Å². The topological polar surface area (TPSA) is 78.4 Å². The molecule has 0 spiro atoms. The first-order valence-corrected chi connectivity index (χ1v) is 7.29. The van der Waals surface area contributed by atoms with Crippen LogP contribution in [-0.2, 0) is 4.79 Å². The first-order valence-electron chi connectivity index (χ1n) is 6.50. The number of rotatable bonds is 6. The Bertz CT molecular complexity index is 491. The number of anilines is 1. The maximum absolute atomic E-state index is 11.9. The molecule has 0 heterocycles. The second-order valence-electron chi connectivity index (χ2n) is 4.59. The summed E-state index contributed by atoms with van der Waals surface area (Å²) in [5, 5.41) is 14.2.